The quantitative estimate of drug-likeness (QED) is 0.567. The minimum absolute atomic E-state index is 0.376. The first-order valence-corrected chi connectivity index (χ1v) is 4.61. The second kappa shape index (κ2) is 3.38. The van der Waals surface area contributed by atoms with Gasteiger partial charge in [0.05, 0.1) is 0 Å². The van der Waals surface area contributed by atoms with Gasteiger partial charge in [0, 0.05) is 5.92 Å². The molecule has 0 aromatic carbocycles. The van der Waals surface area contributed by atoms with E-state index < -0.39 is 0 Å². The summed E-state index contributed by atoms with van der Waals surface area (Å²) in [6, 6.07) is 0. The molecule has 3 atom stereocenters. The van der Waals surface area contributed by atoms with Crippen LogP contribution in [0.2, 0.25) is 0 Å². The molecule has 0 amide bonds. The summed E-state index contributed by atoms with van der Waals surface area (Å²) in [5.74, 6) is 2.34. The molecule has 0 radical (unpaired) electrons. The van der Waals surface area contributed by atoms with Crippen molar-refractivity contribution in [1.29, 1.82) is 0 Å². The van der Waals surface area contributed by atoms with Crippen molar-refractivity contribution in [3.8, 4) is 0 Å². The molecule has 0 heterocycles. The molecule has 3 unspecified atom stereocenters. The van der Waals surface area contributed by atoms with Gasteiger partial charge in [-0.05, 0) is 38.0 Å². The number of ketones is 1. The van der Waals surface area contributed by atoms with Crippen LogP contribution in [-0.2, 0) is 4.79 Å². The maximum Gasteiger partial charge on any atom is 0.132 e. The zero-order valence-corrected chi connectivity index (χ0v) is 7.76. The molecular weight excluding hydrogens is 136 g/mol. The highest BCUT2D eigenvalue weighted by molar-refractivity contribution is 5.78. The van der Waals surface area contributed by atoms with Crippen molar-refractivity contribution in [2.24, 2.45) is 17.8 Å². The second-order valence-electron chi connectivity index (χ2n) is 4.08. The zero-order valence-electron chi connectivity index (χ0n) is 7.76. The van der Waals surface area contributed by atoms with Crippen molar-refractivity contribution in [2.75, 3.05) is 0 Å². The molecule has 0 aromatic heterocycles. The van der Waals surface area contributed by atoms with E-state index in [1.54, 1.807) is 6.92 Å². The Hall–Kier alpha value is -0.330. The van der Waals surface area contributed by atoms with Crippen LogP contribution in [-0.4, -0.2) is 5.78 Å². The Balaban J connectivity index is 2.46. The van der Waals surface area contributed by atoms with E-state index in [4.69, 9.17) is 0 Å². The van der Waals surface area contributed by atoms with Crippen molar-refractivity contribution >= 4 is 5.78 Å². The fourth-order valence-corrected chi connectivity index (χ4v) is 1.92. The zero-order chi connectivity index (χ0) is 8.43. The van der Waals surface area contributed by atoms with Gasteiger partial charge in [-0.3, -0.25) is 4.79 Å². The Bertz CT molecular complexity index is 151. The summed E-state index contributed by atoms with van der Waals surface area (Å²) in [4.78, 5) is 11.1. The van der Waals surface area contributed by atoms with Gasteiger partial charge >= 0.3 is 0 Å². The average molecular weight is 154 g/mol. The van der Waals surface area contributed by atoms with Crippen molar-refractivity contribution in [2.45, 2.75) is 40.0 Å². The highest BCUT2D eigenvalue weighted by Crippen LogP contribution is 2.33. The van der Waals surface area contributed by atoms with Crippen LogP contribution in [0.5, 0.6) is 0 Å². The van der Waals surface area contributed by atoms with Crippen LogP contribution in [0.25, 0.3) is 0 Å². The lowest BCUT2D eigenvalue weighted by atomic mass is 9.75. The molecule has 64 valence electrons. The minimum atomic E-state index is 0.376. The van der Waals surface area contributed by atoms with E-state index in [0.29, 0.717) is 11.7 Å². The lowest BCUT2D eigenvalue weighted by molar-refractivity contribution is -0.122. The fraction of sp³-hybridized carbons (Fsp3) is 0.900. The third-order valence-electron chi connectivity index (χ3n) is 3.17. The molecule has 11 heavy (non-hydrogen) atoms. The average Bonchev–Trinajstić information content (AvgIpc) is 1.94. The van der Waals surface area contributed by atoms with Crippen LogP contribution in [0.15, 0.2) is 0 Å². The first-order valence-electron chi connectivity index (χ1n) is 4.61. The molecule has 0 N–H and O–H groups in total. The monoisotopic (exact) mass is 154 g/mol. The lowest BCUT2D eigenvalue weighted by Crippen LogP contribution is -2.24. The molecule has 0 aromatic rings. The van der Waals surface area contributed by atoms with E-state index in [2.05, 4.69) is 13.8 Å². The van der Waals surface area contributed by atoms with Crippen molar-refractivity contribution in [1.82, 2.24) is 0 Å². The number of hydrogen-bond donors (Lipinski definition) is 0. The minimum Gasteiger partial charge on any atom is -0.300 e. The SMILES string of the molecule is CC(=O)C1CCC(C)C(C)C1. The highest BCUT2D eigenvalue weighted by atomic mass is 16.1. The lowest BCUT2D eigenvalue weighted by Gasteiger charge is -2.30. The van der Waals surface area contributed by atoms with E-state index >= 15 is 0 Å². The Labute approximate surface area is 69.2 Å². The summed E-state index contributed by atoms with van der Waals surface area (Å²) in [6.45, 7) is 6.29. The molecule has 0 spiro atoms. The molecular formula is C10H18O. The van der Waals surface area contributed by atoms with E-state index in [-0.39, 0.29) is 0 Å². The van der Waals surface area contributed by atoms with Gasteiger partial charge < -0.3 is 0 Å². The Kier molecular flexibility index (Phi) is 2.69. The number of carbonyl (C=O) groups excluding carboxylic acids is 1. The van der Waals surface area contributed by atoms with Gasteiger partial charge in [-0.15, -0.1) is 0 Å². The summed E-state index contributed by atoms with van der Waals surface area (Å²) in [6.07, 6.45) is 3.49. The third kappa shape index (κ3) is 2.05. The molecule has 0 aliphatic heterocycles. The molecule has 1 nitrogen and oxygen atoms in total. The second-order valence-corrected chi connectivity index (χ2v) is 4.08. The van der Waals surface area contributed by atoms with Crippen LogP contribution in [0.4, 0.5) is 0 Å². The summed E-state index contributed by atoms with van der Waals surface area (Å²) in [7, 11) is 0. The number of carbonyl (C=O) groups is 1. The molecule has 1 rings (SSSR count). The largest absolute Gasteiger partial charge is 0.300 e. The van der Waals surface area contributed by atoms with Crippen LogP contribution >= 0.6 is 0 Å². The van der Waals surface area contributed by atoms with Gasteiger partial charge in [-0.2, -0.15) is 0 Å². The molecule has 1 aliphatic rings. The van der Waals surface area contributed by atoms with Gasteiger partial charge in [0.15, 0.2) is 0 Å². The first-order chi connectivity index (χ1) is 5.11. The van der Waals surface area contributed by atoms with E-state index in [1.165, 1.54) is 6.42 Å². The summed E-state index contributed by atoms with van der Waals surface area (Å²) in [5.41, 5.74) is 0. The summed E-state index contributed by atoms with van der Waals surface area (Å²) in [5, 5.41) is 0. The first kappa shape index (κ1) is 8.76. The van der Waals surface area contributed by atoms with E-state index in [0.717, 1.165) is 24.7 Å². The smallest absolute Gasteiger partial charge is 0.132 e. The Morgan fingerprint density at radius 3 is 2.27 bits per heavy atom. The van der Waals surface area contributed by atoms with Crippen molar-refractivity contribution in [3.05, 3.63) is 0 Å². The number of Topliss-reactive ketones (excluding diaryl/α,β-unsaturated/α-hetero) is 1. The molecule has 1 heteroatoms. The van der Waals surface area contributed by atoms with Gasteiger partial charge in [0.25, 0.3) is 0 Å². The van der Waals surface area contributed by atoms with Crippen LogP contribution in [0.1, 0.15) is 40.0 Å². The van der Waals surface area contributed by atoms with Crippen LogP contribution in [0.3, 0.4) is 0 Å². The number of rotatable bonds is 1. The van der Waals surface area contributed by atoms with Crippen LogP contribution < -0.4 is 0 Å². The fourth-order valence-electron chi connectivity index (χ4n) is 1.92. The summed E-state index contributed by atoms with van der Waals surface area (Å²) >= 11 is 0. The maximum atomic E-state index is 11.1. The third-order valence-corrected chi connectivity index (χ3v) is 3.17. The Morgan fingerprint density at radius 1 is 1.18 bits per heavy atom. The highest BCUT2D eigenvalue weighted by Gasteiger charge is 2.26. The van der Waals surface area contributed by atoms with Gasteiger partial charge in [-0.25, -0.2) is 0 Å². The summed E-state index contributed by atoms with van der Waals surface area (Å²) < 4.78 is 0. The number of hydrogen-bond acceptors (Lipinski definition) is 1. The molecule has 1 aliphatic carbocycles. The standard InChI is InChI=1S/C10H18O/c1-7-4-5-10(9(3)11)6-8(7)2/h7-8,10H,4-6H2,1-3H3. The molecule has 1 fully saturated rings. The predicted octanol–water partition coefficient (Wildman–Crippen LogP) is 2.65. The van der Waals surface area contributed by atoms with Gasteiger partial charge in [0.1, 0.15) is 5.78 Å². The van der Waals surface area contributed by atoms with Gasteiger partial charge in [0.2, 0.25) is 0 Å². The van der Waals surface area contributed by atoms with E-state index in [1.807, 2.05) is 0 Å². The predicted molar refractivity (Wildman–Crippen MR) is 46.4 cm³/mol. The van der Waals surface area contributed by atoms with E-state index in [9.17, 15) is 4.79 Å². The van der Waals surface area contributed by atoms with Crippen LogP contribution in [0, 0.1) is 17.8 Å². The van der Waals surface area contributed by atoms with Gasteiger partial charge in [-0.1, -0.05) is 13.8 Å². The molecule has 0 saturated heterocycles. The topological polar surface area (TPSA) is 17.1 Å². The maximum absolute atomic E-state index is 11.1. The Morgan fingerprint density at radius 2 is 1.82 bits per heavy atom. The van der Waals surface area contributed by atoms with Crippen molar-refractivity contribution in [3.63, 3.8) is 0 Å². The molecule has 1 saturated carbocycles. The van der Waals surface area contributed by atoms with Crippen molar-refractivity contribution < 1.29 is 4.79 Å². The molecule has 0 bridgehead atoms. The normalized spacial score (nSPS) is 38.6.